The van der Waals surface area contributed by atoms with Gasteiger partial charge < -0.3 is 5.32 Å². The Balaban J connectivity index is 2.05. The predicted molar refractivity (Wildman–Crippen MR) is 85.2 cm³/mol. The smallest absolute Gasteiger partial charge is 0.208 e. The summed E-state index contributed by atoms with van der Waals surface area (Å²) in [4.78, 5) is 0. The molecule has 0 atom stereocenters. The van der Waals surface area contributed by atoms with Gasteiger partial charge in [0, 0.05) is 6.54 Å². The molecule has 5 heteroatoms. The fourth-order valence-corrected chi connectivity index (χ4v) is 3.52. The van der Waals surface area contributed by atoms with Crippen LogP contribution in [-0.2, 0) is 10.0 Å². The van der Waals surface area contributed by atoms with Crippen LogP contribution in [0.4, 0.5) is 0 Å². The van der Waals surface area contributed by atoms with Crippen molar-refractivity contribution in [3.05, 3.63) is 0 Å². The van der Waals surface area contributed by atoms with Gasteiger partial charge in [-0.05, 0) is 62.4 Å². The zero-order chi connectivity index (χ0) is 15.2. The molecule has 0 bridgehead atoms. The van der Waals surface area contributed by atoms with Crippen LogP contribution < -0.4 is 10.0 Å². The second-order valence-corrected chi connectivity index (χ2v) is 9.14. The fraction of sp³-hybridized carbons (Fsp3) is 1.00. The third-order valence-corrected chi connectivity index (χ3v) is 5.13. The van der Waals surface area contributed by atoms with Gasteiger partial charge in [-0.1, -0.05) is 20.8 Å². The molecular formula is C15H32N2O2S. The summed E-state index contributed by atoms with van der Waals surface area (Å²) in [5, 5.41) is 3.46. The zero-order valence-corrected chi connectivity index (χ0v) is 14.4. The summed E-state index contributed by atoms with van der Waals surface area (Å²) in [5.74, 6) is 1.68. The van der Waals surface area contributed by atoms with Gasteiger partial charge in [0.2, 0.25) is 10.0 Å². The molecule has 20 heavy (non-hydrogen) atoms. The van der Waals surface area contributed by atoms with Gasteiger partial charge in [0.1, 0.15) is 0 Å². The van der Waals surface area contributed by atoms with Gasteiger partial charge in [-0.3, -0.25) is 0 Å². The van der Waals surface area contributed by atoms with Crippen molar-refractivity contribution < 1.29 is 8.42 Å². The molecule has 4 nitrogen and oxygen atoms in total. The minimum Gasteiger partial charge on any atom is -0.316 e. The minimum absolute atomic E-state index is 0.454. The van der Waals surface area contributed by atoms with Gasteiger partial charge in [-0.15, -0.1) is 0 Å². The van der Waals surface area contributed by atoms with Crippen molar-refractivity contribution in [2.75, 3.05) is 25.9 Å². The number of nitrogens with one attached hydrogen (secondary N) is 2. The maximum absolute atomic E-state index is 10.9. The molecule has 0 unspecified atom stereocenters. The fourth-order valence-electron chi connectivity index (χ4n) is 3.01. The molecule has 0 heterocycles. The predicted octanol–water partition coefficient (Wildman–Crippen LogP) is 2.37. The average molecular weight is 305 g/mol. The Hall–Kier alpha value is -0.130. The standard InChI is InChI=1S/C15H32N2O2S/c1-15(2,3)14-8-6-13(7-9-14)12-16-10-5-11-17-20(4,18)19/h13-14,16-17H,5-12H2,1-4H3. The Bertz CT molecular complexity index is 366. The SMILES string of the molecule is CC(C)(C)C1CCC(CNCCCNS(C)(=O)=O)CC1. The third kappa shape index (κ3) is 7.60. The van der Waals surface area contributed by atoms with Crippen molar-refractivity contribution >= 4 is 10.0 Å². The average Bonchev–Trinajstić information content (AvgIpc) is 2.32. The molecule has 120 valence electrons. The van der Waals surface area contributed by atoms with Gasteiger partial charge in [0.15, 0.2) is 0 Å². The Morgan fingerprint density at radius 2 is 1.65 bits per heavy atom. The van der Waals surface area contributed by atoms with Crippen LogP contribution in [0.1, 0.15) is 52.9 Å². The number of rotatable bonds is 7. The number of hydrogen-bond acceptors (Lipinski definition) is 3. The van der Waals surface area contributed by atoms with Crippen LogP contribution >= 0.6 is 0 Å². The molecule has 0 amide bonds. The van der Waals surface area contributed by atoms with E-state index < -0.39 is 10.0 Å². The van der Waals surface area contributed by atoms with E-state index in [1.165, 1.54) is 31.9 Å². The molecule has 1 aliphatic carbocycles. The normalized spacial score (nSPS) is 24.8. The Morgan fingerprint density at radius 3 is 2.15 bits per heavy atom. The lowest BCUT2D eigenvalue weighted by Gasteiger charge is -2.37. The summed E-state index contributed by atoms with van der Waals surface area (Å²) in [5.41, 5.74) is 0.454. The monoisotopic (exact) mass is 304 g/mol. The van der Waals surface area contributed by atoms with Crippen molar-refractivity contribution in [3.8, 4) is 0 Å². The topological polar surface area (TPSA) is 58.2 Å². The molecule has 0 aromatic carbocycles. The molecule has 0 saturated heterocycles. The highest BCUT2D eigenvalue weighted by Crippen LogP contribution is 2.39. The number of hydrogen-bond donors (Lipinski definition) is 2. The van der Waals surface area contributed by atoms with E-state index in [9.17, 15) is 8.42 Å². The highest BCUT2D eigenvalue weighted by molar-refractivity contribution is 7.88. The van der Waals surface area contributed by atoms with E-state index in [4.69, 9.17) is 0 Å². The van der Waals surface area contributed by atoms with E-state index in [1.807, 2.05) is 0 Å². The molecule has 0 aliphatic heterocycles. The first-order chi connectivity index (χ1) is 9.18. The highest BCUT2D eigenvalue weighted by Gasteiger charge is 2.29. The molecule has 0 spiro atoms. The van der Waals surface area contributed by atoms with Gasteiger partial charge >= 0.3 is 0 Å². The molecule has 0 aromatic rings. The number of sulfonamides is 1. The molecule has 1 aliphatic rings. The van der Waals surface area contributed by atoms with Crippen LogP contribution in [0.2, 0.25) is 0 Å². The summed E-state index contributed by atoms with van der Waals surface area (Å²) in [6.45, 7) is 9.56. The molecule has 1 rings (SSSR count). The molecular weight excluding hydrogens is 272 g/mol. The summed E-state index contributed by atoms with van der Waals surface area (Å²) in [7, 11) is -3.03. The van der Waals surface area contributed by atoms with Crippen molar-refractivity contribution in [1.29, 1.82) is 0 Å². The van der Waals surface area contributed by atoms with E-state index in [0.717, 1.165) is 31.3 Å². The van der Waals surface area contributed by atoms with Crippen LogP contribution in [0.5, 0.6) is 0 Å². The van der Waals surface area contributed by atoms with Gasteiger partial charge in [-0.25, -0.2) is 13.1 Å². The summed E-state index contributed by atoms with van der Waals surface area (Å²) >= 11 is 0. The first-order valence-corrected chi connectivity index (χ1v) is 9.73. The van der Waals surface area contributed by atoms with Gasteiger partial charge in [0.25, 0.3) is 0 Å². The maximum Gasteiger partial charge on any atom is 0.208 e. The Morgan fingerprint density at radius 1 is 1.05 bits per heavy atom. The molecule has 1 fully saturated rings. The van der Waals surface area contributed by atoms with E-state index in [-0.39, 0.29) is 0 Å². The lowest BCUT2D eigenvalue weighted by atomic mass is 9.70. The summed E-state index contributed by atoms with van der Waals surface area (Å²) in [6.07, 6.45) is 7.42. The van der Waals surface area contributed by atoms with Crippen molar-refractivity contribution in [3.63, 3.8) is 0 Å². The first-order valence-electron chi connectivity index (χ1n) is 7.84. The van der Waals surface area contributed by atoms with E-state index in [1.54, 1.807) is 0 Å². The summed E-state index contributed by atoms with van der Waals surface area (Å²) in [6, 6.07) is 0. The van der Waals surface area contributed by atoms with Gasteiger partial charge in [-0.2, -0.15) is 0 Å². The Kier molecular flexibility index (Phi) is 6.95. The van der Waals surface area contributed by atoms with Crippen molar-refractivity contribution in [2.45, 2.75) is 52.9 Å². The third-order valence-electron chi connectivity index (χ3n) is 4.40. The van der Waals surface area contributed by atoms with Crippen LogP contribution in [0.3, 0.4) is 0 Å². The molecule has 2 N–H and O–H groups in total. The van der Waals surface area contributed by atoms with Crippen LogP contribution in [-0.4, -0.2) is 34.3 Å². The minimum atomic E-state index is -3.03. The quantitative estimate of drug-likeness (QED) is 0.710. The lowest BCUT2D eigenvalue weighted by molar-refractivity contribution is 0.149. The first kappa shape index (κ1) is 17.9. The summed E-state index contributed by atoms with van der Waals surface area (Å²) < 4.78 is 24.3. The van der Waals surface area contributed by atoms with Crippen molar-refractivity contribution in [2.24, 2.45) is 17.3 Å². The van der Waals surface area contributed by atoms with E-state index in [0.29, 0.717) is 12.0 Å². The Labute approximate surface area is 125 Å². The molecule has 0 aromatic heterocycles. The molecule has 0 radical (unpaired) electrons. The highest BCUT2D eigenvalue weighted by atomic mass is 32.2. The maximum atomic E-state index is 10.9. The molecule has 1 saturated carbocycles. The van der Waals surface area contributed by atoms with Gasteiger partial charge in [0.05, 0.1) is 6.26 Å². The second kappa shape index (κ2) is 7.76. The largest absolute Gasteiger partial charge is 0.316 e. The zero-order valence-electron chi connectivity index (χ0n) is 13.5. The van der Waals surface area contributed by atoms with Crippen LogP contribution in [0.25, 0.3) is 0 Å². The second-order valence-electron chi connectivity index (χ2n) is 7.31. The van der Waals surface area contributed by atoms with Crippen LogP contribution in [0, 0.1) is 17.3 Å². The van der Waals surface area contributed by atoms with E-state index in [2.05, 4.69) is 30.8 Å². The lowest BCUT2D eigenvalue weighted by Crippen LogP contribution is -2.32. The van der Waals surface area contributed by atoms with E-state index >= 15 is 0 Å². The van der Waals surface area contributed by atoms with Crippen LogP contribution in [0.15, 0.2) is 0 Å². The van der Waals surface area contributed by atoms with Crippen molar-refractivity contribution in [1.82, 2.24) is 10.0 Å².